The van der Waals surface area contributed by atoms with Gasteiger partial charge in [0, 0.05) is 18.2 Å². The van der Waals surface area contributed by atoms with Crippen molar-refractivity contribution in [2.24, 2.45) is 0 Å². The molecule has 1 aromatic carbocycles. The summed E-state index contributed by atoms with van der Waals surface area (Å²) in [4.78, 5) is 31.2. The molecule has 1 aromatic heterocycles. The lowest BCUT2D eigenvalue weighted by molar-refractivity contribution is -0.136. The first kappa shape index (κ1) is 10.6. The number of hydrogen-bond donors (Lipinski definition) is 1. The third-order valence-corrected chi connectivity index (χ3v) is 2.81. The Morgan fingerprint density at radius 1 is 1.06 bits per heavy atom. The number of imide groups is 1. The minimum atomic E-state index is -0.234. The number of fused-ring (bicyclic) bond motifs is 1. The van der Waals surface area contributed by atoms with Crippen molar-refractivity contribution in [2.45, 2.75) is 12.8 Å². The topological polar surface area (TPSA) is 75.2 Å². The van der Waals surface area contributed by atoms with Crippen molar-refractivity contribution in [3.63, 3.8) is 0 Å². The molecule has 1 aliphatic rings. The number of carbonyl (C=O) groups is 2. The standard InChI is InChI=1S/C12H10N4O2/c17-10-5-6-11(18)16(10)15-12-8-3-1-2-4-9(8)13-7-14-12/h1-4,7H,5-6H2,(H,13,14,15). The lowest BCUT2D eigenvalue weighted by atomic mass is 10.2. The molecule has 2 aromatic rings. The van der Waals surface area contributed by atoms with Crippen LogP contribution < -0.4 is 5.43 Å². The summed E-state index contributed by atoms with van der Waals surface area (Å²) >= 11 is 0. The van der Waals surface area contributed by atoms with Crippen LogP contribution in [-0.4, -0.2) is 26.8 Å². The van der Waals surface area contributed by atoms with Gasteiger partial charge in [-0.3, -0.25) is 15.0 Å². The number of anilines is 1. The van der Waals surface area contributed by atoms with E-state index in [0.717, 1.165) is 15.9 Å². The van der Waals surface area contributed by atoms with Crippen LogP contribution in [0.5, 0.6) is 0 Å². The summed E-state index contributed by atoms with van der Waals surface area (Å²) in [6.45, 7) is 0. The molecule has 1 aliphatic heterocycles. The summed E-state index contributed by atoms with van der Waals surface area (Å²) < 4.78 is 0. The van der Waals surface area contributed by atoms with Crippen LogP contribution in [0.1, 0.15) is 12.8 Å². The second-order valence-electron chi connectivity index (χ2n) is 3.97. The zero-order valence-electron chi connectivity index (χ0n) is 9.46. The van der Waals surface area contributed by atoms with Gasteiger partial charge in [-0.05, 0) is 12.1 Å². The molecule has 0 atom stereocenters. The Kier molecular flexibility index (Phi) is 2.40. The third-order valence-electron chi connectivity index (χ3n) is 2.81. The van der Waals surface area contributed by atoms with Gasteiger partial charge in [0.05, 0.1) is 5.52 Å². The number of aromatic nitrogens is 2. The highest BCUT2D eigenvalue weighted by atomic mass is 16.2. The Balaban J connectivity index is 2.00. The van der Waals surface area contributed by atoms with Gasteiger partial charge in [0.25, 0.3) is 0 Å². The molecule has 2 heterocycles. The molecule has 90 valence electrons. The fourth-order valence-electron chi connectivity index (χ4n) is 1.90. The number of rotatable bonds is 2. The Morgan fingerprint density at radius 3 is 2.56 bits per heavy atom. The van der Waals surface area contributed by atoms with E-state index < -0.39 is 0 Å². The molecule has 0 saturated carbocycles. The summed E-state index contributed by atoms with van der Waals surface area (Å²) in [5.74, 6) is -0.00501. The molecular formula is C12H10N4O2. The van der Waals surface area contributed by atoms with Crippen LogP contribution in [-0.2, 0) is 9.59 Å². The van der Waals surface area contributed by atoms with Crippen LogP contribution in [0.4, 0.5) is 5.82 Å². The highest BCUT2D eigenvalue weighted by molar-refractivity contribution is 6.03. The molecule has 2 amide bonds. The zero-order chi connectivity index (χ0) is 12.5. The number of para-hydroxylation sites is 1. The summed E-state index contributed by atoms with van der Waals surface area (Å²) in [6, 6.07) is 7.40. The fraction of sp³-hybridized carbons (Fsp3) is 0.167. The van der Waals surface area contributed by atoms with Crippen molar-refractivity contribution >= 4 is 28.5 Å². The SMILES string of the molecule is O=C1CCC(=O)N1Nc1ncnc2ccccc12. The normalized spacial score (nSPS) is 15.4. The molecule has 3 rings (SSSR count). The van der Waals surface area contributed by atoms with E-state index in [1.165, 1.54) is 6.33 Å². The van der Waals surface area contributed by atoms with Crippen molar-refractivity contribution in [3.05, 3.63) is 30.6 Å². The van der Waals surface area contributed by atoms with E-state index in [1.807, 2.05) is 24.3 Å². The van der Waals surface area contributed by atoms with E-state index in [1.54, 1.807) is 0 Å². The number of benzene rings is 1. The molecule has 18 heavy (non-hydrogen) atoms. The molecule has 1 saturated heterocycles. The predicted octanol–water partition coefficient (Wildman–Crippen LogP) is 1.11. The maximum absolute atomic E-state index is 11.5. The Labute approximate surface area is 103 Å². The van der Waals surface area contributed by atoms with Crippen molar-refractivity contribution in [1.82, 2.24) is 15.0 Å². The van der Waals surface area contributed by atoms with Crippen LogP contribution in [0.3, 0.4) is 0 Å². The van der Waals surface area contributed by atoms with Gasteiger partial charge in [0.15, 0.2) is 5.82 Å². The molecule has 1 N–H and O–H groups in total. The third kappa shape index (κ3) is 1.67. The second kappa shape index (κ2) is 4.06. The summed E-state index contributed by atoms with van der Waals surface area (Å²) in [6.07, 6.45) is 1.89. The molecule has 0 radical (unpaired) electrons. The lowest BCUT2D eigenvalue weighted by Crippen LogP contribution is -2.35. The number of hydrazine groups is 1. The van der Waals surface area contributed by atoms with Gasteiger partial charge < -0.3 is 0 Å². The molecular weight excluding hydrogens is 232 g/mol. The molecule has 1 fully saturated rings. The van der Waals surface area contributed by atoms with Crippen molar-refractivity contribution in [3.8, 4) is 0 Å². The van der Waals surface area contributed by atoms with Gasteiger partial charge in [0.2, 0.25) is 11.8 Å². The first-order valence-electron chi connectivity index (χ1n) is 5.58. The minimum Gasteiger partial charge on any atom is -0.273 e. The van der Waals surface area contributed by atoms with Crippen molar-refractivity contribution in [1.29, 1.82) is 0 Å². The number of nitrogens with zero attached hydrogens (tertiary/aromatic N) is 3. The van der Waals surface area contributed by atoms with Crippen LogP contribution in [0.2, 0.25) is 0 Å². The van der Waals surface area contributed by atoms with Gasteiger partial charge in [-0.15, -0.1) is 0 Å². The zero-order valence-corrected chi connectivity index (χ0v) is 9.46. The van der Waals surface area contributed by atoms with Gasteiger partial charge in [-0.2, -0.15) is 5.01 Å². The average Bonchev–Trinajstić information content (AvgIpc) is 2.71. The van der Waals surface area contributed by atoms with E-state index >= 15 is 0 Å². The number of hydrogen-bond acceptors (Lipinski definition) is 5. The van der Waals surface area contributed by atoms with E-state index in [-0.39, 0.29) is 24.7 Å². The Hall–Kier alpha value is -2.50. The molecule has 0 aliphatic carbocycles. The van der Waals surface area contributed by atoms with E-state index in [0.29, 0.717) is 5.82 Å². The fourth-order valence-corrected chi connectivity index (χ4v) is 1.90. The van der Waals surface area contributed by atoms with E-state index in [9.17, 15) is 9.59 Å². The lowest BCUT2D eigenvalue weighted by Gasteiger charge is -2.16. The first-order chi connectivity index (χ1) is 8.75. The smallest absolute Gasteiger partial charge is 0.248 e. The van der Waals surface area contributed by atoms with Crippen molar-refractivity contribution < 1.29 is 9.59 Å². The summed E-state index contributed by atoms with van der Waals surface area (Å²) in [7, 11) is 0. The van der Waals surface area contributed by atoms with Crippen LogP contribution in [0.25, 0.3) is 10.9 Å². The predicted molar refractivity (Wildman–Crippen MR) is 64.2 cm³/mol. The highest BCUT2D eigenvalue weighted by Gasteiger charge is 2.29. The Morgan fingerprint density at radius 2 is 1.78 bits per heavy atom. The maximum Gasteiger partial charge on any atom is 0.248 e. The highest BCUT2D eigenvalue weighted by Crippen LogP contribution is 2.21. The second-order valence-corrected chi connectivity index (χ2v) is 3.97. The van der Waals surface area contributed by atoms with Gasteiger partial charge in [-0.1, -0.05) is 12.1 Å². The van der Waals surface area contributed by atoms with Gasteiger partial charge in [-0.25, -0.2) is 9.97 Å². The van der Waals surface area contributed by atoms with Gasteiger partial charge >= 0.3 is 0 Å². The average molecular weight is 242 g/mol. The molecule has 6 nitrogen and oxygen atoms in total. The molecule has 6 heteroatoms. The summed E-state index contributed by atoms with van der Waals surface area (Å²) in [5.41, 5.74) is 3.52. The first-order valence-corrected chi connectivity index (χ1v) is 5.58. The number of amides is 2. The van der Waals surface area contributed by atoms with Crippen LogP contribution >= 0.6 is 0 Å². The minimum absolute atomic E-state index is 0.234. The van der Waals surface area contributed by atoms with Gasteiger partial charge in [0.1, 0.15) is 6.33 Å². The molecule has 0 unspecified atom stereocenters. The molecule has 0 spiro atoms. The monoisotopic (exact) mass is 242 g/mol. The van der Waals surface area contributed by atoms with E-state index in [2.05, 4.69) is 15.4 Å². The molecule has 0 bridgehead atoms. The Bertz CT molecular complexity index is 620. The number of carbonyl (C=O) groups excluding carboxylic acids is 2. The van der Waals surface area contributed by atoms with Crippen LogP contribution in [0, 0.1) is 0 Å². The number of nitrogens with one attached hydrogen (secondary N) is 1. The largest absolute Gasteiger partial charge is 0.273 e. The van der Waals surface area contributed by atoms with E-state index in [4.69, 9.17) is 0 Å². The van der Waals surface area contributed by atoms with Crippen LogP contribution in [0.15, 0.2) is 30.6 Å². The summed E-state index contributed by atoms with van der Waals surface area (Å²) in [5, 5.41) is 1.79. The quantitative estimate of drug-likeness (QED) is 0.798. The maximum atomic E-state index is 11.5. The van der Waals surface area contributed by atoms with Crippen molar-refractivity contribution in [2.75, 3.05) is 5.43 Å².